The number of nitrogens with one attached hydrogen (secondary N) is 1. The van der Waals surface area contributed by atoms with Gasteiger partial charge in [-0.05, 0) is 6.07 Å². The lowest BCUT2D eigenvalue weighted by molar-refractivity contribution is -0.137. The molecule has 1 aromatic rings. The van der Waals surface area contributed by atoms with Crippen molar-refractivity contribution in [2.45, 2.75) is 12.5 Å². The van der Waals surface area contributed by atoms with Gasteiger partial charge in [0, 0.05) is 12.6 Å². The Morgan fingerprint density at radius 2 is 2.50 bits per heavy atom. The van der Waals surface area contributed by atoms with Gasteiger partial charge in [0.25, 0.3) is 0 Å². The van der Waals surface area contributed by atoms with Crippen LogP contribution in [-0.4, -0.2) is 22.1 Å². The van der Waals surface area contributed by atoms with Crippen LogP contribution in [0.4, 0.5) is 5.69 Å². The van der Waals surface area contributed by atoms with Crippen LogP contribution in [0.15, 0.2) is 18.5 Å². The number of aliphatic carboxylic acids is 1. The van der Waals surface area contributed by atoms with E-state index in [1.54, 1.807) is 0 Å². The lowest BCUT2D eigenvalue weighted by Gasteiger charge is -2.13. The summed E-state index contributed by atoms with van der Waals surface area (Å²) in [6, 6.07) is 2.52. The zero-order valence-electron chi connectivity index (χ0n) is 8.34. The topological polar surface area (TPSA) is 86.0 Å². The van der Waals surface area contributed by atoms with Crippen LogP contribution in [0.1, 0.15) is 12.0 Å². The fourth-order valence-electron chi connectivity index (χ4n) is 1.11. The number of carbonyl (C=O) groups is 1. The summed E-state index contributed by atoms with van der Waals surface area (Å²) in [6.07, 6.45) is 7.95. The van der Waals surface area contributed by atoms with Gasteiger partial charge in [0.05, 0.1) is 17.4 Å². The van der Waals surface area contributed by atoms with Gasteiger partial charge in [-0.15, -0.1) is 12.3 Å². The van der Waals surface area contributed by atoms with Gasteiger partial charge in [0.2, 0.25) is 0 Å². The number of anilines is 1. The molecule has 0 aromatic carbocycles. The van der Waals surface area contributed by atoms with Gasteiger partial charge < -0.3 is 10.4 Å². The van der Waals surface area contributed by atoms with Crippen molar-refractivity contribution in [2.75, 3.05) is 5.32 Å². The van der Waals surface area contributed by atoms with E-state index in [2.05, 4.69) is 16.2 Å². The average Bonchev–Trinajstić information content (AvgIpc) is 2.29. The summed E-state index contributed by atoms with van der Waals surface area (Å²) in [5, 5.41) is 20.3. The van der Waals surface area contributed by atoms with E-state index in [4.69, 9.17) is 16.8 Å². The monoisotopic (exact) mass is 215 g/mol. The molecule has 0 saturated heterocycles. The third-order valence-electron chi connectivity index (χ3n) is 1.89. The maximum atomic E-state index is 10.8. The number of rotatable bonds is 4. The van der Waals surface area contributed by atoms with Crippen LogP contribution >= 0.6 is 0 Å². The summed E-state index contributed by atoms with van der Waals surface area (Å²) in [4.78, 5) is 14.6. The Morgan fingerprint density at radius 3 is 3.06 bits per heavy atom. The van der Waals surface area contributed by atoms with Gasteiger partial charge in [0.1, 0.15) is 12.1 Å². The molecule has 1 aromatic heterocycles. The minimum absolute atomic E-state index is 0.0368. The Balaban J connectivity index is 2.90. The Morgan fingerprint density at radius 1 is 1.75 bits per heavy atom. The summed E-state index contributed by atoms with van der Waals surface area (Å²) in [7, 11) is 0. The van der Waals surface area contributed by atoms with E-state index < -0.39 is 12.0 Å². The number of terminal acetylenes is 1. The number of nitriles is 1. The molecule has 0 aliphatic carbocycles. The molecule has 2 N–H and O–H groups in total. The first-order valence-corrected chi connectivity index (χ1v) is 4.46. The van der Waals surface area contributed by atoms with E-state index in [0.29, 0.717) is 11.3 Å². The zero-order chi connectivity index (χ0) is 12.0. The fraction of sp³-hybridized carbons (Fsp3) is 0.182. The molecule has 0 radical (unpaired) electrons. The molecule has 1 unspecified atom stereocenters. The van der Waals surface area contributed by atoms with Gasteiger partial charge in [-0.2, -0.15) is 5.26 Å². The van der Waals surface area contributed by atoms with E-state index in [0.717, 1.165) is 0 Å². The predicted molar refractivity (Wildman–Crippen MR) is 57.4 cm³/mol. The second kappa shape index (κ2) is 5.38. The summed E-state index contributed by atoms with van der Waals surface area (Å²) in [5.74, 6) is 1.20. The molecule has 0 spiro atoms. The molecule has 1 heterocycles. The number of nitrogens with zero attached hydrogens (tertiary/aromatic N) is 2. The molecule has 1 rings (SSSR count). The normalized spacial score (nSPS) is 10.9. The highest BCUT2D eigenvalue weighted by Crippen LogP contribution is 2.14. The number of carboxylic acids is 1. The highest BCUT2D eigenvalue weighted by atomic mass is 16.4. The molecule has 80 valence electrons. The van der Waals surface area contributed by atoms with Crippen molar-refractivity contribution >= 4 is 11.7 Å². The van der Waals surface area contributed by atoms with Crippen molar-refractivity contribution in [2.24, 2.45) is 0 Å². The molecule has 5 heteroatoms. The maximum absolute atomic E-state index is 10.8. The summed E-state index contributed by atoms with van der Waals surface area (Å²) in [6.45, 7) is 0. The van der Waals surface area contributed by atoms with Crippen molar-refractivity contribution in [3.05, 3.63) is 24.0 Å². The van der Waals surface area contributed by atoms with Crippen molar-refractivity contribution < 1.29 is 9.90 Å². The Hall–Kier alpha value is -2.53. The van der Waals surface area contributed by atoms with Crippen molar-refractivity contribution in [1.29, 1.82) is 5.26 Å². The molecule has 16 heavy (non-hydrogen) atoms. The van der Waals surface area contributed by atoms with Gasteiger partial charge in [0.15, 0.2) is 0 Å². The maximum Gasteiger partial charge on any atom is 0.327 e. The minimum Gasteiger partial charge on any atom is -0.480 e. The first-order chi connectivity index (χ1) is 7.69. The lowest BCUT2D eigenvalue weighted by Crippen LogP contribution is -2.29. The number of hydrogen-bond acceptors (Lipinski definition) is 4. The number of carboxylic acid groups (broad SMARTS) is 1. The minimum atomic E-state index is -1.06. The SMILES string of the molecule is C#CCC(Nc1cnccc1C#N)C(=O)O. The van der Waals surface area contributed by atoms with Crippen LogP contribution in [-0.2, 0) is 4.79 Å². The number of hydrogen-bond donors (Lipinski definition) is 2. The fourth-order valence-corrected chi connectivity index (χ4v) is 1.11. The molecule has 0 aliphatic heterocycles. The zero-order valence-corrected chi connectivity index (χ0v) is 8.34. The molecular weight excluding hydrogens is 206 g/mol. The highest BCUT2D eigenvalue weighted by molar-refractivity contribution is 5.78. The Kier molecular flexibility index (Phi) is 3.88. The van der Waals surface area contributed by atoms with Crippen LogP contribution in [0, 0.1) is 23.7 Å². The predicted octanol–water partition coefficient (Wildman–Crippen LogP) is 0.842. The highest BCUT2D eigenvalue weighted by Gasteiger charge is 2.17. The first-order valence-electron chi connectivity index (χ1n) is 4.46. The van der Waals surface area contributed by atoms with Crippen LogP contribution in [0.5, 0.6) is 0 Å². The third kappa shape index (κ3) is 2.73. The molecule has 1 atom stereocenters. The molecule has 0 fully saturated rings. The molecule has 0 amide bonds. The Labute approximate surface area is 92.7 Å². The van der Waals surface area contributed by atoms with E-state index in [9.17, 15) is 4.79 Å². The van der Waals surface area contributed by atoms with Crippen LogP contribution in [0.25, 0.3) is 0 Å². The number of aromatic nitrogens is 1. The van der Waals surface area contributed by atoms with Gasteiger partial charge >= 0.3 is 5.97 Å². The molecule has 0 bridgehead atoms. The first kappa shape index (κ1) is 11.5. The van der Waals surface area contributed by atoms with Crippen molar-refractivity contribution in [3.8, 4) is 18.4 Å². The summed E-state index contributed by atoms with van der Waals surface area (Å²) < 4.78 is 0. The second-order valence-electron chi connectivity index (χ2n) is 2.98. The number of pyridine rings is 1. The van der Waals surface area contributed by atoms with Crippen LogP contribution in [0.3, 0.4) is 0 Å². The third-order valence-corrected chi connectivity index (χ3v) is 1.89. The van der Waals surface area contributed by atoms with E-state index in [-0.39, 0.29) is 6.42 Å². The van der Waals surface area contributed by atoms with Crippen molar-refractivity contribution in [3.63, 3.8) is 0 Å². The smallest absolute Gasteiger partial charge is 0.327 e. The van der Waals surface area contributed by atoms with Gasteiger partial charge in [-0.25, -0.2) is 4.79 Å². The van der Waals surface area contributed by atoms with Crippen LogP contribution < -0.4 is 5.32 Å². The summed E-state index contributed by atoms with van der Waals surface area (Å²) >= 11 is 0. The molecule has 0 saturated carbocycles. The van der Waals surface area contributed by atoms with E-state index >= 15 is 0 Å². The van der Waals surface area contributed by atoms with E-state index in [1.165, 1.54) is 18.5 Å². The largest absolute Gasteiger partial charge is 0.480 e. The summed E-state index contributed by atoms with van der Waals surface area (Å²) in [5.41, 5.74) is 0.700. The second-order valence-corrected chi connectivity index (χ2v) is 2.98. The van der Waals surface area contributed by atoms with E-state index in [1.807, 2.05) is 6.07 Å². The quantitative estimate of drug-likeness (QED) is 0.727. The van der Waals surface area contributed by atoms with Crippen LogP contribution in [0.2, 0.25) is 0 Å². The van der Waals surface area contributed by atoms with Gasteiger partial charge in [-0.3, -0.25) is 4.98 Å². The average molecular weight is 215 g/mol. The Bertz CT molecular complexity index is 471. The van der Waals surface area contributed by atoms with Gasteiger partial charge in [-0.1, -0.05) is 0 Å². The molecular formula is C11H9N3O2. The standard InChI is InChI=1S/C11H9N3O2/c1-2-3-9(11(15)16)14-10-7-13-5-4-8(10)6-12/h1,4-5,7,9,14H,3H2,(H,15,16). The molecule has 5 nitrogen and oxygen atoms in total. The van der Waals surface area contributed by atoms with Crippen molar-refractivity contribution in [1.82, 2.24) is 4.98 Å². The molecule has 0 aliphatic rings. The lowest BCUT2D eigenvalue weighted by atomic mass is 10.2.